The van der Waals surface area contributed by atoms with Crippen LogP contribution < -0.4 is 0 Å². The molecular weight excluding hydrogens is 358 g/mol. The Kier molecular flexibility index (Phi) is 13.9. The van der Waals surface area contributed by atoms with Gasteiger partial charge < -0.3 is 9.64 Å². The number of benzene rings is 1. The molecule has 0 N–H and O–H groups in total. The Morgan fingerprint density at radius 2 is 1.78 bits per heavy atom. The molecule has 0 heterocycles. The van der Waals surface area contributed by atoms with Crippen molar-refractivity contribution in [2.24, 2.45) is 0 Å². The number of rotatable bonds is 5. The zero-order valence-electron chi connectivity index (χ0n) is 15.4. The van der Waals surface area contributed by atoms with Gasteiger partial charge in [0, 0.05) is 12.1 Å². The van der Waals surface area contributed by atoms with Gasteiger partial charge in [0.25, 0.3) is 0 Å². The molecule has 0 radical (unpaired) electrons. The molecule has 0 amide bonds. The number of aryl methyl sites for hydroxylation is 1. The van der Waals surface area contributed by atoms with Crippen LogP contribution in [-0.4, -0.2) is 48.7 Å². The summed E-state index contributed by atoms with van der Waals surface area (Å²) in [5, 5.41) is 0. The van der Waals surface area contributed by atoms with Crippen molar-refractivity contribution >= 4 is 28.2 Å². The minimum absolute atomic E-state index is 0.218. The van der Waals surface area contributed by atoms with Gasteiger partial charge in [0.05, 0.1) is 0 Å². The molecule has 0 fully saturated rings. The van der Waals surface area contributed by atoms with Crippen LogP contribution in [0.1, 0.15) is 43.6 Å². The van der Waals surface area contributed by atoms with Gasteiger partial charge in [-0.25, -0.2) is 0 Å². The van der Waals surface area contributed by atoms with Crippen LogP contribution in [0.25, 0.3) is 0 Å². The summed E-state index contributed by atoms with van der Waals surface area (Å²) in [4.78, 5) is 23.4. The highest BCUT2D eigenvalue weighted by Gasteiger charge is 2.25. The molecule has 0 aliphatic heterocycles. The first-order valence-electron chi connectivity index (χ1n) is 7.70. The standard InChI is InChI=1S/C8H16BrNO2.C8H8O.C2H6/c1-8(2,9)7(11)12-6-5-10(3)4;1-7-4-2-3-5-8(7)6-9;1-2/h5-6H2,1-4H3;2-6H,1H3;1-2H3. The molecule has 0 atom stereocenters. The van der Waals surface area contributed by atoms with E-state index in [9.17, 15) is 9.59 Å². The normalized spacial score (nSPS) is 9.96. The molecule has 0 bridgehead atoms. The van der Waals surface area contributed by atoms with Crippen molar-refractivity contribution in [2.75, 3.05) is 27.2 Å². The van der Waals surface area contributed by atoms with Crippen LogP contribution in [0.3, 0.4) is 0 Å². The van der Waals surface area contributed by atoms with Crippen molar-refractivity contribution in [3.05, 3.63) is 35.4 Å². The van der Waals surface area contributed by atoms with Gasteiger partial charge >= 0.3 is 5.97 Å². The molecule has 1 aromatic carbocycles. The highest BCUT2D eigenvalue weighted by atomic mass is 79.9. The molecule has 0 saturated carbocycles. The van der Waals surface area contributed by atoms with E-state index in [1.165, 1.54) is 0 Å². The zero-order chi connectivity index (χ0) is 18.5. The van der Waals surface area contributed by atoms with Gasteiger partial charge in [-0.1, -0.05) is 54.0 Å². The molecule has 0 saturated heterocycles. The lowest BCUT2D eigenvalue weighted by atomic mass is 10.1. The van der Waals surface area contributed by atoms with E-state index in [0.29, 0.717) is 6.61 Å². The summed E-state index contributed by atoms with van der Waals surface area (Å²) < 4.78 is 4.42. The maximum atomic E-state index is 11.2. The van der Waals surface area contributed by atoms with Crippen molar-refractivity contribution in [3.8, 4) is 0 Å². The fourth-order valence-corrected chi connectivity index (χ4v) is 1.33. The van der Waals surface area contributed by atoms with Crippen LogP contribution in [0.4, 0.5) is 0 Å². The molecule has 4 nitrogen and oxygen atoms in total. The summed E-state index contributed by atoms with van der Waals surface area (Å²) in [6.07, 6.45) is 0.870. The van der Waals surface area contributed by atoms with Crippen molar-refractivity contribution in [2.45, 2.75) is 38.9 Å². The molecule has 0 aromatic heterocycles. The summed E-state index contributed by atoms with van der Waals surface area (Å²) in [5.41, 5.74) is 1.81. The van der Waals surface area contributed by atoms with E-state index in [1.54, 1.807) is 13.8 Å². The van der Waals surface area contributed by atoms with Crippen LogP contribution >= 0.6 is 15.9 Å². The van der Waals surface area contributed by atoms with Crippen LogP contribution in [-0.2, 0) is 9.53 Å². The Bertz CT molecular complexity index is 454. The maximum absolute atomic E-state index is 11.2. The van der Waals surface area contributed by atoms with Crippen molar-refractivity contribution < 1.29 is 14.3 Å². The lowest BCUT2D eigenvalue weighted by Crippen LogP contribution is -2.29. The Labute approximate surface area is 149 Å². The molecule has 23 heavy (non-hydrogen) atoms. The molecule has 1 aromatic rings. The van der Waals surface area contributed by atoms with E-state index in [-0.39, 0.29) is 5.97 Å². The third-order valence-corrected chi connectivity index (χ3v) is 2.90. The highest BCUT2D eigenvalue weighted by Crippen LogP contribution is 2.17. The SMILES string of the molecule is CC.CN(C)CCOC(=O)C(C)(C)Br.Cc1ccccc1C=O. The van der Waals surface area contributed by atoms with E-state index in [2.05, 4.69) is 15.9 Å². The molecule has 0 spiro atoms. The van der Waals surface area contributed by atoms with Crippen molar-refractivity contribution in [3.63, 3.8) is 0 Å². The van der Waals surface area contributed by atoms with Crippen LogP contribution in [0.2, 0.25) is 0 Å². The van der Waals surface area contributed by atoms with Crippen LogP contribution in [0.5, 0.6) is 0 Å². The number of esters is 1. The summed E-state index contributed by atoms with van der Waals surface area (Å²) in [6, 6.07) is 7.51. The highest BCUT2D eigenvalue weighted by molar-refractivity contribution is 9.10. The number of hydrogen-bond donors (Lipinski definition) is 0. The summed E-state index contributed by atoms with van der Waals surface area (Å²) >= 11 is 3.22. The van der Waals surface area contributed by atoms with E-state index in [0.717, 1.165) is 24.0 Å². The number of likely N-dealkylation sites (N-methyl/N-ethyl adjacent to an activating group) is 1. The minimum atomic E-state index is -0.570. The first-order valence-corrected chi connectivity index (χ1v) is 8.49. The summed E-state index contributed by atoms with van der Waals surface area (Å²) in [5.74, 6) is -0.218. The molecule has 0 unspecified atom stereocenters. The Hall–Kier alpha value is -1.20. The van der Waals surface area contributed by atoms with Crippen molar-refractivity contribution in [1.82, 2.24) is 4.90 Å². The predicted molar refractivity (Wildman–Crippen MR) is 100 cm³/mol. The van der Waals surface area contributed by atoms with E-state index in [4.69, 9.17) is 4.74 Å². The number of carbonyl (C=O) groups is 2. The largest absolute Gasteiger partial charge is 0.463 e. The number of alkyl halides is 1. The number of carbonyl (C=O) groups excluding carboxylic acids is 2. The van der Waals surface area contributed by atoms with Gasteiger partial charge in [-0.2, -0.15) is 0 Å². The van der Waals surface area contributed by atoms with E-state index >= 15 is 0 Å². The number of aldehydes is 1. The zero-order valence-corrected chi connectivity index (χ0v) is 16.9. The number of halogens is 1. The number of hydrogen-bond acceptors (Lipinski definition) is 4. The molecule has 0 aliphatic rings. The van der Waals surface area contributed by atoms with E-state index < -0.39 is 4.32 Å². The van der Waals surface area contributed by atoms with Crippen LogP contribution in [0.15, 0.2) is 24.3 Å². The Morgan fingerprint density at radius 1 is 1.26 bits per heavy atom. The number of nitrogens with zero attached hydrogens (tertiary/aromatic N) is 1. The first kappa shape index (κ1) is 24.1. The topological polar surface area (TPSA) is 46.6 Å². The Morgan fingerprint density at radius 3 is 2.13 bits per heavy atom. The van der Waals surface area contributed by atoms with Gasteiger partial charge in [-0.15, -0.1) is 0 Å². The molecule has 1 rings (SSSR count). The fraction of sp³-hybridized carbons (Fsp3) is 0.556. The van der Waals surface area contributed by atoms with Crippen molar-refractivity contribution in [1.29, 1.82) is 0 Å². The first-order chi connectivity index (χ1) is 10.7. The monoisotopic (exact) mass is 387 g/mol. The minimum Gasteiger partial charge on any atom is -0.463 e. The third kappa shape index (κ3) is 13.0. The number of ether oxygens (including phenoxy) is 1. The lowest BCUT2D eigenvalue weighted by molar-refractivity contribution is -0.145. The predicted octanol–water partition coefficient (Wildman–Crippen LogP) is 4.10. The lowest BCUT2D eigenvalue weighted by Gasteiger charge is -2.16. The van der Waals surface area contributed by atoms with Gasteiger partial charge in [0.15, 0.2) is 0 Å². The molecule has 0 aliphatic carbocycles. The van der Waals surface area contributed by atoms with Gasteiger partial charge in [0.2, 0.25) is 0 Å². The summed E-state index contributed by atoms with van der Waals surface area (Å²) in [7, 11) is 3.88. The quantitative estimate of drug-likeness (QED) is 0.433. The summed E-state index contributed by atoms with van der Waals surface area (Å²) in [6.45, 7) is 10.7. The fourth-order valence-electron chi connectivity index (χ4n) is 1.21. The average molecular weight is 388 g/mol. The molecular formula is C18H30BrNO3. The van der Waals surface area contributed by atoms with Gasteiger partial charge in [0.1, 0.15) is 17.2 Å². The third-order valence-electron chi connectivity index (χ3n) is 2.57. The molecule has 132 valence electrons. The second kappa shape index (κ2) is 13.3. The van der Waals surface area contributed by atoms with Gasteiger partial charge in [-0.05, 0) is 40.4 Å². The smallest absolute Gasteiger partial charge is 0.322 e. The van der Waals surface area contributed by atoms with Crippen LogP contribution in [0, 0.1) is 6.92 Å². The average Bonchev–Trinajstić information content (AvgIpc) is 2.49. The maximum Gasteiger partial charge on any atom is 0.322 e. The second-order valence-electron chi connectivity index (χ2n) is 5.39. The van der Waals surface area contributed by atoms with Gasteiger partial charge in [-0.3, -0.25) is 9.59 Å². The Balaban J connectivity index is 0. The molecule has 5 heteroatoms. The van der Waals surface area contributed by atoms with E-state index in [1.807, 2.05) is 64.0 Å². The second-order valence-corrected chi connectivity index (χ2v) is 7.37.